The summed E-state index contributed by atoms with van der Waals surface area (Å²) in [7, 11) is -2.12. The lowest BCUT2D eigenvalue weighted by Crippen LogP contribution is -2.43. The summed E-state index contributed by atoms with van der Waals surface area (Å²) in [6, 6.07) is 11.7. The molecule has 144 valence electrons. The van der Waals surface area contributed by atoms with Crippen LogP contribution in [0.1, 0.15) is 18.5 Å². The van der Waals surface area contributed by atoms with Gasteiger partial charge in [-0.05, 0) is 56.2 Å². The van der Waals surface area contributed by atoms with Gasteiger partial charge in [0.2, 0.25) is 15.9 Å². The maximum absolute atomic E-state index is 12.9. The molecule has 1 N–H and O–H groups in total. The minimum Gasteiger partial charge on any atom is -0.497 e. The van der Waals surface area contributed by atoms with Gasteiger partial charge < -0.3 is 10.1 Å². The quantitative estimate of drug-likeness (QED) is 0.848. The zero-order valence-corrected chi connectivity index (χ0v) is 16.2. The van der Waals surface area contributed by atoms with Gasteiger partial charge in [0, 0.05) is 18.8 Å². The number of aromatic nitrogens is 1. The SMILES string of the molecule is COc1ccc(S(=O)(=O)N2CCC[C@@H](C(=O)Nc3cccc(C)n3)C2)cc1. The molecule has 2 heterocycles. The highest BCUT2D eigenvalue weighted by molar-refractivity contribution is 7.89. The third-order valence-corrected chi connectivity index (χ3v) is 6.47. The third kappa shape index (κ3) is 4.45. The highest BCUT2D eigenvalue weighted by Gasteiger charge is 2.33. The molecular weight excluding hydrogens is 366 g/mol. The van der Waals surface area contributed by atoms with Gasteiger partial charge in [0.1, 0.15) is 11.6 Å². The number of nitrogens with one attached hydrogen (secondary N) is 1. The Kier molecular flexibility index (Phi) is 5.76. The number of nitrogens with zero attached hydrogens (tertiary/aromatic N) is 2. The molecule has 0 aliphatic carbocycles. The van der Waals surface area contributed by atoms with E-state index in [-0.39, 0.29) is 17.3 Å². The van der Waals surface area contributed by atoms with Gasteiger partial charge in [-0.15, -0.1) is 0 Å². The second-order valence-electron chi connectivity index (χ2n) is 6.53. The average molecular weight is 389 g/mol. The fraction of sp³-hybridized carbons (Fsp3) is 0.368. The van der Waals surface area contributed by atoms with Gasteiger partial charge in [0.15, 0.2) is 0 Å². The number of ether oxygens (including phenoxy) is 1. The van der Waals surface area contributed by atoms with Gasteiger partial charge in [0.25, 0.3) is 0 Å². The molecule has 1 aliphatic rings. The van der Waals surface area contributed by atoms with Crippen molar-refractivity contribution in [2.45, 2.75) is 24.7 Å². The second-order valence-corrected chi connectivity index (χ2v) is 8.47. The Hall–Kier alpha value is -2.45. The first-order valence-electron chi connectivity index (χ1n) is 8.79. The van der Waals surface area contributed by atoms with Crippen molar-refractivity contribution in [1.82, 2.24) is 9.29 Å². The van der Waals surface area contributed by atoms with Gasteiger partial charge in [-0.25, -0.2) is 13.4 Å². The van der Waals surface area contributed by atoms with Crippen LogP contribution in [0.25, 0.3) is 0 Å². The molecule has 27 heavy (non-hydrogen) atoms. The zero-order chi connectivity index (χ0) is 19.4. The number of sulfonamides is 1. The normalized spacial score (nSPS) is 18.1. The maximum Gasteiger partial charge on any atom is 0.243 e. The molecule has 7 nitrogen and oxygen atoms in total. The van der Waals surface area contributed by atoms with Gasteiger partial charge in [-0.2, -0.15) is 4.31 Å². The molecule has 0 unspecified atom stereocenters. The van der Waals surface area contributed by atoms with Crippen LogP contribution in [0, 0.1) is 12.8 Å². The van der Waals surface area contributed by atoms with Crippen LogP contribution in [0.5, 0.6) is 5.75 Å². The number of hydrogen-bond acceptors (Lipinski definition) is 5. The Morgan fingerprint density at radius 1 is 1.22 bits per heavy atom. The van der Waals surface area contributed by atoms with E-state index in [0.717, 1.165) is 5.69 Å². The number of piperidine rings is 1. The highest BCUT2D eigenvalue weighted by Crippen LogP contribution is 2.25. The molecule has 0 saturated carbocycles. The van der Waals surface area contributed by atoms with E-state index in [2.05, 4.69) is 10.3 Å². The van der Waals surface area contributed by atoms with Crippen molar-refractivity contribution in [3.63, 3.8) is 0 Å². The molecular formula is C19H23N3O4S. The van der Waals surface area contributed by atoms with Gasteiger partial charge in [-0.1, -0.05) is 6.07 Å². The van der Waals surface area contributed by atoms with Crippen LogP contribution in [0.3, 0.4) is 0 Å². The van der Waals surface area contributed by atoms with Crippen molar-refractivity contribution in [1.29, 1.82) is 0 Å². The standard InChI is InChI=1S/C19H23N3O4S/c1-14-5-3-7-18(20-14)21-19(23)15-6-4-12-22(13-15)27(24,25)17-10-8-16(26-2)9-11-17/h3,5,7-11,15H,4,6,12-13H2,1-2H3,(H,20,21,23)/t15-/m1/s1. The van der Waals surface area contributed by atoms with Crippen LogP contribution in [0.4, 0.5) is 5.82 Å². The number of carbonyl (C=O) groups is 1. The van der Waals surface area contributed by atoms with Gasteiger partial charge in [-0.3, -0.25) is 4.79 Å². The summed E-state index contributed by atoms with van der Waals surface area (Å²) in [4.78, 5) is 17.0. The molecule has 0 bridgehead atoms. The molecule has 8 heteroatoms. The van der Waals surface area contributed by atoms with Crippen molar-refractivity contribution in [2.24, 2.45) is 5.92 Å². The zero-order valence-electron chi connectivity index (χ0n) is 15.4. The first kappa shape index (κ1) is 19.3. The second kappa shape index (κ2) is 8.06. The summed E-state index contributed by atoms with van der Waals surface area (Å²) in [5, 5.41) is 2.79. The average Bonchev–Trinajstić information content (AvgIpc) is 2.68. The van der Waals surface area contributed by atoms with Crippen molar-refractivity contribution < 1.29 is 17.9 Å². The summed E-state index contributed by atoms with van der Waals surface area (Å²) in [5.74, 6) is 0.461. The minimum absolute atomic E-state index is 0.159. The Morgan fingerprint density at radius 2 is 1.96 bits per heavy atom. The van der Waals surface area contributed by atoms with E-state index in [1.54, 1.807) is 18.2 Å². The van der Waals surface area contributed by atoms with E-state index in [4.69, 9.17) is 4.74 Å². The van der Waals surface area contributed by atoms with Gasteiger partial charge >= 0.3 is 0 Å². The Morgan fingerprint density at radius 3 is 2.63 bits per heavy atom. The molecule has 3 rings (SSSR count). The maximum atomic E-state index is 12.9. The van der Waals surface area contributed by atoms with Crippen LogP contribution in [0.2, 0.25) is 0 Å². The minimum atomic E-state index is -3.65. The van der Waals surface area contributed by atoms with Crippen molar-refractivity contribution in [2.75, 3.05) is 25.5 Å². The molecule has 1 aromatic carbocycles. The number of rotatable bonds is 5. The van der Waals surface area contributed by atoms with E-state index < -0.39 is 15.9 Å². The summed E-state index contributed by atoms with van der Waals surface area (Å²) in [6.07, 6.45) is 1.28. The largest absolute Gasteiger partial charge is 0.497 e. The van der Waals surface area contributed by atoms with E-state index in [1.807, 2.05) is 19.1 Å². The molecule has 1 saturated heterocycles. The van der Waals surface area contributed by atoms with E-state index in [0.29, 0.717) is 31.0 Å². The molecule has 1 fully saturated rings. The van der Waals surface area contributed by atoms with Crippen LogP contribution in [-0.4, -0.2) is 43.8 Å². The number of carbonyl (C=O) groups excluding carboxylic acids is 1. The number of benzene rings is 1. The van der Waals surface area contributed by atoms with Crippen LogP contribution >= 0.6 is 0 Å². The first-order valence-corrected chi connectivity index (χ1v) is 10.2. The fourth-order valence-electron chi connectivity index (χ4n) is 3.11. The summed E-state index contributed by atoms with van der Waals surface area (Å²) < 4.78 is 32.3. The molecule has 0 radical (unpaired) electrons. The summed E-state index contributed by atoms with van der Waals surface area (Å²) >= 11 is 0. The number of hydrogen-bond donors (Lipinski definition) is 1. The summed E-state index contributed by atoms with van der Waals surface area (Å²) in [6.45, 7) is 2.41. The lowest BCUT2D eigenvalue weighted by atomic mass is 9.99. The number of aryl methyl sites for hydroxylation is 1. The third-order valence-electron chi connectivity index (χ3n) is 4.59. The molecule has 2 aromatic rings. The van der Waals surface area contributed by atoms with Crippen molar-refractivity contribution >= 4 is 21.7 Å². The van der Waals surface area contributed by atoms with Crippen LogP contribution in [0.15, 0.2) is 47.4 Å². The van der Waals surface area contributed by atoms with Crippen LogP contribution in [-0.2, 0) is 14.8 Å². The molecule has 1 atom stereocenters. The predicted molar refractivity (Wildman–Crippen MR) is 102 cm³/mol. The number of anilines is 1. The molecule has 1 aromatic heterocycles. The van der Waals surface area contributed by atoms with E-state index in [9.17, 15) is 13.2 Å². The topological polar surface area (TPSA) is 88.6 Å². The number of pyridine rings is 1. The van der Waals surface area contributed by atoms with Crippen molar-refractivity contribution in [3.8, 4) is 5.75 Å². The van der Waals surface area contributed by atoms with Crippen molar-refractivity contribution in [3.05, 3.63) is 48.2 Å². The van der Waals surface area contributed by atoms with E-state index in [1.165, 1.54) is 23.5 Å². The monoisotopic (exact) mass is 389 g/mol. The summed E-state index contributed by atoms with van der Waals surface area (Å²) in [5.41, 5.74) is 0.806. The molecule has 0 spiro atoms. The lowest BCUT2D eigenvalue weighted by molar-refractivity contribution is -0.120. The molecule has 1 amide bonds. The lowest BCUT2D eigenvalue weighted by Gasteiger charge is -2.31. The number of amides is 1. The Balaban J connectivity index is 1.71. The predicted octanol–water partition coefficient (Wildman–Crippen LogP) is 2.44. The first-order chi connectivity index (χ1) is 12.9. The Bertz CT molecular complexity index is 913. The van der Waals surface area contributed by atoms with E-state index >= 15 is 0 Å². The fourth-order valence-corrected chi connectivity index (χ4v) is 4.64. The van der Waals surface area contributed by atoms with Gasteiger partial charge in [0.05, 0.1) is 17.9 Å². The smallest absolute Gasteiger partial charge is 0.243 e. The molecule has 1 aliphatic heterocycles. The number of methoxy groups -OCH3 is 1. The Labute approximate surface area is 159 Å². The highest BCUT2D eigenvalue weighted by atomic mass is 32.2. The van der Waals surface area contributed by atoms with Crippen LogP contribution < -0.4 is 10.1 Å².